The van der Waals surface area contributed by atoms with Crippen LogP contribution in [0.3, 0.4) is 0 Å². The number of nitrogens with zero attached hydrogens (tertiary/aromatic N) is 1. The number of carbonyl (C=O) groups excluding carboxylic acids is 2. The number of allylic oxidation sites excluding steroid dienone is 4. The van der Waals surface area contributed by atoms with Crippen molar-refractivity contribution >= 4 is 34.2 Å². The van der Waals surface area contributed by atoms with Crippen molar-refractivity contribution in [3.8, 4) is 11.5 Å². The number of ether oxygens (including phenoxy) is 2. The number of ketones is 2. The predicted octanol–water partition coefficient (Wildman–Crippen LogP) is 7.97. The minimum atomic E-state index is -0.410. The molecule has 0 amide bonds. The third-order valence-electron chi connectivity index (χ3n) is 8.16. The Morgan fingerprint density at radius 3 is 1.90 bits per heavy atom. The van der Waals surface area contributed by atoms with Crippen LogP contribution >= 0.6 is 22.6 Å². The fraction of sp³-hybridized carbons (Fsp3) is 0.471. The molecule has 3 aliphatic rings. The lowest BCUT2D eigenvalue weighted by Gasteiger charge is -2.49. The Balaban J connectivity index is 1.78. The SMILES string of the molecule is CCOc1cc(C2C3=C(CC(C)(C)CC3=O)N(Cc3ccccc3)C3=C2C(=O)CC(C)(C)C3)cc(I)c1OCC. The lowest BCUT2D eigenvalue weighted by atomic mass is 9.63. The Morgan fingerprint density at radius 2 is 1.38 bits per heavy atom. The van der Waals surface area contributed by atoms with Gasteiger partial charge in [0.2, 0.25) is 0 Å². The third-order valence-corrected chi connectivity index (χ3v) is 8.96. The highest BCUT2D eigenvalue weighted by Gasteiger charge is 2.49. The van der Waals surface area contributed by atoms with Gasteiger partial charge in [0.15, 0.2) is 23.1 Å². The highest BCUT2D eigenvalue weighted by atomic mass is 127. The van der Waals surface area contributed by atoms with Crippen LogP contribution in [0.25, 0.3) is 0 Å². The molecular weight excluding hydrogens is 613 g/mol. The molecule has 5 rings (SSSR count). The van der Waals surface area contributed by atoms with Crippen molar-refractivity contribution in [1.29, 1.82) is 0 Å². The summed E-state index contributed by atoms with van der Waals surface area (Å²) in [5.41, 5.74) is 5.48. The molecule has 0 radical (unpaired) electrons. The highest BCUT2D eigenvalue weighted by molar-refractivity contribution is 14.1. The lowest BCUT2D eigenvalue weighted by molar-refractivity contribution is -0.119. The van der Waals surface area contributed by atoms with Crippen LogP contribution in [0.4, 0.5) is 0 Å². The molecule has 0 unspecified atom stereocenters. The first-order valence-corrected chi connectivity index (χ1v) is 15.5. The normalized spacial score (nSPS) is 20.4. The lowest BCUT2D eigenvalue weighted by Crippen LogP contribution is -2.44. The van der Waals surface area contributed by atoms with Crippen LogP contribution in [0, 0.1) is 14.4 Å². The zero-order chi connectivity index (χ0) is 28.8. The van der Waals surface area contributed by atoms with Gasteiger partial charge in [-0.25, -0.2) is 0 Å². The average molecular weight is 654 g/mol. The van der Waals surface area contributed by atoms with Gasteiger partial charge in [0.25, 0.3) is 0 Å². The monoisotopic (exact) mass is 653 g/mol. The van der Waals surface area contributed by atoms with Crippen LogP contribution in [0.1, 0.15) is 84.3 Å². The number of rotatable bonds is 7. The van der Waals surface area contributed by atoms with E-state index in [1.165, 1.54) is 5.56 Å². The molecule has 0 bridgehead atoms. The van der Waals surface area contributed by atoms with E-state index in [-0.39, 0.29) is 22.4 Å². The van der Waals surface area contributed by atoms with Crippen LogP contribution in [0.5, 0.6) is 11.5 Å². The summed E-state index contributed by atoms with van der Waals surface area (Å²) in [5, 5.41) is 0. The molecule has 2 aromatic carbocycles. The highest BCUT2D eigenvalue weighted by Crippen LogP contribution is 2.55. The molecule has 0 spiro atoms. The molecule has 0 atom stereocenters. The van der Waals surface area contributed by atoms with Crippen molar-refractivity contribution in [2.75, 3.05) is 13.2 Å². The van der Waals surface area contributed by atoms with Crippen LogP contribution in [-0.2, 0) is 16.1 Å². The molecular formula is C34H40INO4. The fourth-order valence-corrected chi connectivity index (χ4v) is 7.42. The zero-order valence-electron chi connectivity index (χ0n) is 24.5. The van der Waals surface area contributed by atoms with Crippen molar-refractivity contribution in [2.45, 2.75) is 79.7 Å². The maximum absolute atomic E-state index is 14.1. The predicted molar refractivity (Wildman–Crippen MR) is 166 cm³/mol. The van der Waals surface area contributed by atoms with Crippen LogP contribution in [0.2, 0.25) is 0 Å². The Hall–Kier alpha value is -2.61. The Kier molecular flexibility index (Phi) is 7.94. The summed E-state index contributed by atoms with van der Waals surface area (Å²) in [6.45, 7) is 14.3. The minimum Gasteiger partial charge on any atom is -0.490 e. The number of carbonyl (C=O) groups is 2. The van der Waals surface area contributed by atoms with E-state index in [0.717, 1.165) is 44.5 Å². The van der Waals surface area contributed by atoms with Gasteiger partial charge in [-0.15, -0.1) is 0 Å². The number of halogens is 1. The van der Waals surface area contributed by atoms with Gasteiger partial charge in [0.05, 0.1) is 16.8 Å². The van der Waals surface area contributed by atoms with E-state index in [1.54, 1.807) is 0 Å². The summed E-state index contributed by atoms with van der Waals surface area (Å²) >= 11 is 2.29. The van der Waals surface area contributed by atoms with Gasteiger partial charge in [-0.05, 0) is 83.4 Å². The molecule has 40 heavy (non-hydrogen) atoms. The van der Waals surface area contributed by atoms with E-state index >= 15 is 0 Å². The van der Waals surface area contributed by atoms with E-state index < -0.39 is 5.92 Å². The molecule has 1 aliphatic heterocycles. The summed E-state index contributed by atoms with van der Waals surface area (Å²) in [6.07, 6.45) is 2.51. The minimum absolute atomic E-state index is 0.139. The summed E-state index contributed by atoms with van der Waals surface area (Å²) in [6, 6.07) is 14.5. The first-order chi connectivity index (χ1) is 18.9. The van der Waals surface area contributed by atoms with Crippen molar-refractivity contribution < 1.29 is 19.1 Å². The smallest absolute Gasteiger partial charge is 0.174 e. The first-order valence-electron chi connectivity index (χ1n) is 14.4. The van der Waals surface area contributed by atoms with Gasteiger partial charge < -0.3 is 14.4 Å². The molecule has 0 saturated carbocycles. The van der Waals surface area contributed by atoms with E-state index in [0.29, 0.717) is 44.1 Å². The largest absolute Gasteiger partial charge is 0.490 e. The Bertz CT molecular complexity index is 1350. The zero-order valence-corrected chi connectivity index (χ0v) is 26.7. The molecule has 0 fully saturated rings. The quantitative estimate of drug-likeness (QED) is 0.284. The first kappa shape index (κ1) is 28.9. The van der Waals surface area contributed by atoms with Gasteiger partial charge in [-0.2, -0.15) is 0 Å². The second-order valence-electron chi connectivity index (χ2n) is 12.8. The standard InChI is InChI=1S/C34H40INO4/c1-7-39-28-15-22(14-23(35)32(28)40-8-2)29-30-24(16-33(3,4)18-26(30)37)36(20-21-12-10-9-11-13-21)25-17-34(5,6)19-27(38)31(25)29/h9-15,29H,7-8,16-20H2,1-6H3. The molecule has 0 saturated heterocycles. The van der Waals surface area contributed by atoms with Crippen LogP contribution < -0.4 is 9.47 Å². The molecule has 212 valence electrons. The molecule has 2 aliphatic carbocycles. The van der Waals surface area contributed by atoms with E-state index in [4.69, 9.17) is 9.47 Å². The molecule has 0 aromatic heterocycles. The van der Waals surface area contributed by atoms with E-state index in [9.17, 15) is 9.59 Å². The van der Waals surface area contributed by atoms with Gasteiger partial charge in [-0.1, -0.05) is 58.0 Å². The van der Waals surface area contributed by atoms with Gasteiger partial charge >= 0.3 is 0 Å². The number of benzene rings is 2. The second kappa shape index (κ2) is 11.0. The van der Waals surface area contributed by atoms with Crippen molar-refractivity contribution in [1.82, 2.24) is 4.90 Å². The summed E-state index contributed by atoms with van der Waals surface area (Å²) in [5.74, 6) is 1.24. The molecule has 0 N–H and O–H groups in total. The van der Waals surface area contributed by atoms with Gasteiger partial charge in [-0.3, -0.25) is 9.59 Å². The average Bonchev–Trinajstić information content (AvgIpc) is 2.86. The second-order valence-corrected chi connectivity index (χ2v) is 14.0. The molecule has 1 heterocycles. The van der Waals surface area contributed by atoms with Crippen LogP contribution in [0.15, 0.2) is 65.0 Å². The summed E-state index contributed by atoms with van der Waals surface area (Å²) in [7, 11) is 0. The van der Waals surface area contributed by atoms with E-state index in [1.807, 2.05) is 26.0 Å². The van der Waals surface area contributed by atoms with Crippen molar-refractivity contribution in [3.05, 3.63) is 79.7 Å². The Labute approximate surface area is 252 Å². The van der Waals surface area contributed by atoms with Crippen molar-refractivity contribution in [3.63, 3.8) is 0 Å². The maximum atomic E-state index is 14.1. The summed E-state index contributed by atoms with van der Waals surface area (Å²) < 4.78 is 12.9. The van der Waals surface area contributed by atoms with Crippen molar-refractivity contribution in [2.24, 2.45) is 10.8 Å². The molecule has 6 heteroatoms. The van der Waals surface area contributed by atoms with Gasteiger partial charge in [0, 0.05) is 47.8 Å². The molecule has 2 aromatic rings. The van der Waals surface area contributed by atoms with Gasteiger partial charge in [0.1, 0.15) is 0 Å². The number of hydrogen-bond donors (Lipinski definition) is 0. The van der Waals surface area contributed by atoms with E-state index in [2.05, 4.69) is 85.5 Å². The summed E-state index contributed by atoms with van der Waals surface area (Å²) in [4.78, 5) is 30.6. The Morgan fingerprint density at radius 1 is 0.825 bits per heavy atom. The fourth-order valence-electron chi connectivity index (χ4n) is 6.64. The number of Topliss-reactive ketones (excluding diaryl/α,β-unsaturated/α-hetero) is 2. The molecule has 5 nitrogen and oxygen atoms in total. The third kappa shape index (κ3) is 5.48. The number of hydrogen-bond acceptors (Lipinski definition) is 5. The maximum Gasteiger partial charge on any atom is 0.174 e. The van der Waals surface area contributed by atoms with Crippen LogP contribution in [-0.4, -0.2) is 29.7 Å². The topological polar surface area (TPSA) is 55.8 Å².